The fraction of sp³-hybridized carbons (Fsp3) is 0.190. The minimum Gasteiger partial charge on any atom is -0.493 e. The number of nitrogens with one attached hydrogen (secondary N) is 1. The first-order chi connectivity index (χ1) is 14.0. The number of methoxy groups -OCH3 is 1. The van der Waals surface area contributed by atoms with Crippen LogP contribution in [-0.2, 0) is 16.0 Å². The number of amides is 2. The molecule has 2 aliphatic heterocycles. The van der Waals surface area contributed by atoms with Crippen LogP contribution in [0.5, 0.6) is 17.2 Å². The molecule has 1 saturated heterocycles. The van der Waals surface area contributed by atoms with Crippen molar-refractivity contribution in [1.82, 2.24) is 5.32 Å². The van der Waals surface area contributed by atoms with Gasteiger partial charge in [0.25, 0.3) is 11.8 Å². The predicted octanol–water partition coefficient (Wildman–Crippen LogP) is 2.82. The Morgan fingerprint density at radius 3 is 2.66 bits per heavy atom. The Bertz CT molecular complexity index is 1050. The van der Waals surface area contributed by atoms with E-state index in [1.54, 1.807) is 12.1 Å². The molecule has 0 aliphatic carbocycles. The standard InChI is InChI=1S/C21H18N2O5S/c1-3-12-4-6-14(7-5-12)23-20(25)15(19(24)22-21(23)29)8-13-9-16(26-2)18-17(10-13)27-11-28-18/h4-10H,3,11H2,1-2H3,(H,22,24,29). The summed E-state index contributed by atoms with van der Waals surface area (Å²) >= 11 is 5.24. The van der Waals surface area contributed by atoms with Crippen molar-refractivity contribution in [3.63, 3.8) is 0 Å². The lowest BCUT2D eigenvalue weighted by atomic mass is 10.1. The van der Waals surface area contributed by atoms with Gasteiger partial charge in [-0.05, 0) is 60.1 Å². The van der Waals surface area contributed by atoms with Gasteiger partial charge in [-0.15, -0.1) is 0 Å². The van der Waals surface area contributed by atoms with Gasteiger partial charge < -0.3 is 14.2 Å². The Labute approximate surface area is 172 Å². The van der Waals surface area contributed by atoms with Crippen LogP contribution < -0.4 is 24.4 Å². The topological polar surface area (TPSA) is 77.1 Å². The van der Waals surface area contributed by atoms with Crippen molar-refractivity contribution in [3.05, 3.63) is 53.1 Å². The molecule has 0 aromatic heterocycles. The number of anilines is 1. The second kappa shape index (κ2) is 7.56. The molecular formula is C21H18N2O5S. The van der Waals surface area contributed by atoms with Gasteiger partial charge in [0, 0.05) is 0 Å². The van der Waals surface area contributed by atoms with Crippen LogP contribution in [0, 0.1) is 0 Å². The highest BCUT2D eigenvalue weighted by Crippen LogP contribution is 2.42. The summed E-state index contributed by atoms with van der Waals surface area (Å²) in [6.45, 7) is 2.13. The van der Waals surface area contributed by atoms with E-state index in [4.69, 9.17) is 26.4 Å². The molecule has 0 radical (unpaired) electrons. The number of aryl methyl sites for hydroxylation is 1. The lowest BCUT2D eigenvalue weighted by Gasteiger charge is -2.29. The number of carbonyl (C=O) groups excluding carboxylic acids is 2. The number of thiocarbonyl (C=S) groups is 1. The quantitative estimate of drug-likeness (QED) is 0.475. The second-order valence-electron chi connectivity index (χ2n) is 6.43. The number of benzene rings is 2. The summed E-state index contributed by atoms with van der Waals surface area (Å²) in [6, 6.07) is 10.8. The van der Waals surface area contributed by atoms with E-state index in [9.17, 15) is 9.59 Å². The maximum absolute atomic E-state index is 13.1. The van der Waals surface area contributed by atoms with E-state index in [1.165, 1.54) is 18.1 Å². The van der Waals surface area contributed by atoms with Gasteiger partial charge in [-0.1, -0.05) is 19.1 Å². The number of rotatable bonds is 4. The van der Waals surface area contributed by atoms with Gasteiger partial charge in [-0.25, -0.2) is 0 Å². The fourth-order valence-corrected chi connectivity index (χ4v) is 3.45. The van der Waals surface area contributed by atoms with E-state index >= 15 is 0 Å². The fourth-order valence-electron chi connectivity index (χ4n) is 3.17. The molecule has 4 rings (SSSR count). The first-order valence-corrected chi connectivity index (χ1v) is 9.40. The minimum absolute atomic E-state index is 0.0425. The van der Waals surface area contributed by atoms with Gasteiger partial charge in [0.2, 0.25) is 12.5 Å². The van der Waals surface area contributed by atoms with Crippen LogP contribution in [0.1, 0.15) is 18.1 Å². The number of fused-ring (bicyclic) bond motifs is 1. The Hall–Kier alpha value is -3.39. The Morgan fingerprint density at radius 2 is 1.97 bits per heavy atom. The van der Waals surface area contributed by atoms with Gasteiger partial charge >= 0.3 is 0 Å². The monoisotopic (exact) mass is 410 g/mol. The maximum Gasteiger partial charge on any atom is 0.270 e. The van der Waals surface area contributed by atoms with Crippen molar-refractivity contribution >= 4 is 40.9 Å². The van der Waals surface area contributed by atoms with Crippen LogP contribution in [0.2, 0.25) is 0 Å². The van der Waals surface area contributed by atoms with E-state index in [1.807, 2.05) is 31.2 Å². The molecule has 0 unspecified atom stereocenters. The van der Waals surface area contributed by atoms with Crippen molar-refractivity contribution in [2.24, 2.45) is 0 Å². The summed E-state index contributed by atoms with van der Waals surface area (Å²) in [5, 5.41) is 2.63. The first-order valence-electron chi connectivity index (χ1n) is 9.00. The highest BCUT2D eigenvalue weighted by Gasteiger charge is 2.34. The normalized spacial score (nSPS) is 17.0. The molecule has 0 saturated carbocycles. The predicted molar refractivity (Wildman–Crippen MR) is 111 cm³/mol. The summed E-state index contributed by atoms with van der Waals surface area (Å²) in [4.78, 5) is 26.9. The number of hydrogen-bond acceptors (Lipinski definition) is 6. The van der Waals surface area contributed by atoms with Crippen molar-refractivity contribution in [3.8, 4) is 17.2 Å². The van der Waals surface area contributed by atoms with E-state index < -0.39 is 11.8 Å². The molecular weight excluding hydrogens is 392 g/mol. The highest BCUT2D eigenvalue weighted by atomic mass is 32.1. The van der Waals surface area contributed by atoms with Gasteiger partial charge in [0.15, 0.2) is 16.6 Å². The second-order valence-corrected chi connectivity index (χ2v) is 6.82. The smallest absolute Gasteiger partial charge is 0.270 e. The Morgan fingerprint density at radius 1 is 1.21 bits per heavy atom. The molecule has 0 spiro atoms. The SMILES string of the molecule is CCc1ccc(N2C(=O)C(=Cc3cc(OC)c4c(c3)OCO4)C(=O)NC2=S)cc1. The summed E-state index contributed by atoms with van der Waals surface area (Å²) in [7, 11) is 1.51. The van der Waals surface area contributed by atoms with Gasteiger partial charge in [-0.2, -0.15) is 0 Å². The molecule has 1 N–H and O–H groups in total. The number of hydrogen-bond donors (Lipinski definition) is 1. The van der Waals surface area contributed by atoms with E-state index in [0.717, 1.165) is 12.0 Å². The summed E-state index contributed by atoms with van der Waals surface area (Å²) in [5.74, 6) is 0.381. The lowest BCUT2D eigenvalue weighted by molar-refractivity contribution is -0.122. The molecule has 148 valence electrons. The van der Waals surface area contributed by atoms with Gasteiger partial charge in [0.05, 0.1) is 12.8 Å². The summed E-state index contributed by atoms with van der Waals surface area (Å²) in [5.41, 5.74) is 2.25. The molecule has 1 fully saturated rings. The lowest BCUT2D eigenvalue weighted by Crippen LogP contribution is -2.54. The molecule has 29 heavy (non-hydrogen) atoms. The molecule has 0 atom stereocenters. The van der Waals surface area contributed by atoms with Crippen LogP contribution in [-0.4, -0.2) is 30.8 Å². The van der Waals surface area contributed by atoms with Crippen molar-refractivity contribution in [1.29, 1.82) is 0 Å². The third-order valence-electron chi connectivity index (χ3n) is 4.70. The molecule has 2 aromatic carbocycles. The average molecular weight is 410 g/mol. The minimum atomic E-state index is -0.557. The average Bonchev–Trinajstić information content (AvgIpc) is 3.19. The number of nitrogens with zero attached hydrogens (tertiary/aromatic N) is 1. The maximum atomic E-state index is 13.1. The zero-order chi connectivity index (χ0) is 20.5. The molecule has 2 aromatic rings. The van der Waals surface area contributed by atoms with E-state index in [-0.39, 0.29) is 17.5 Å². The third kappa shape index (κ3) is 3.42. The number of ether oxygens (including phenoxy) is 3. The molecule has 2 heterocycles. The van der Waals surface area contributed by atoms with Crippen LogP contribution in [0.15, 0.2) is 42.0 Å². The van der Waals surface area contributed by atoms with Crippen LogP contribution in [0.3, 0.4) is 0 Å². The van der Waals surface area contributed by atoms with Crippen LogP contribution >= 0.6 is 12.2 Å². The summed E-state index contributed by atoms with van der Waals surface area (Å²) < 4.78 is 16.1. The zero-order valence-electron chi connectivity index (χ0n) is 15.9. The largest absolute Gasteiger partial charge is 0.493 e. The van der Waals surface area contributed by atoms with Gasteiger partial charge in [0.1, 0.15) is 5.57 Å². The third-order valence-corrected chi connectivity index (χ3v) is 4.98. The van der Waals surface area contributed by atoms with Crippen LogP contribution in [0.25, 0.3) is 6.08 Å². The zero-order valence-corrected chi connectivity index (χ0v) is 16.7. The van der Waals surface area contributed by atoms with Gasteiger partial charge in [-0.3, -0.25) is 19.8 Å². The van der Waals surface area contributed by atoms with E-state index in [0.29, 0.717) is 28.5 Å². The molecule has 8 heteroatoms. The molecule has 2 amide bonds. The highest BCUT2D eigenvalue weighted by molar-refractivity contribution is 7.80. The van der Waals surface area contributed by atoms with Crippen molar-refractivity contribution in [2.45, 2.75) is 13.3 Å². The van der Waals surface area contributed by atoms with E-state index in [2.05, 4.69) is 5.32 Å². The Balaban J connectivity index is 1.72. The Kier molecular flexibility index (Phi) is 4.94. The van der Waals surface area contributed by atoms with Crippen molar-refractivity contribution in [2.75, 3.05) is 18.8 Å². The molecule has 2 aliphatic rings. The first kappa shape index (κ1) is 18.9. The molecule has 0 bridgehead atoms. The summed E-state index contributed by atoms with van der Waals surface area (Å²) in [6.07, 6.45) is 2.36. The molecule has 7 nitrogen and oxygen atoms in total. The van der Waals surface area contributed by atoms with Crippen LogP contribution in [0.4, 0.5) is 5.69 Å². The number of carbonyl (C=O) groups is 2. The van der Waals surface area contributed by atoms with Crippen molar-refractivity contribution < 1.29 is 23.8 Å².